The van der Waals surface area contributed by atoms with Crippen molar-refractivity contribution in [3.05, 3.63) is 47.4 Å². The van der Waals surface area contributed by atoms with Crippen molar-refractivity contribution in [1.29, 1.82) is 0 Å². The van der Waals surface area contributed by atoms with Gasteiger partial charge in [-0.2, -0.15) is 0 Å². The normalized spacial score (nSPS) is 10.3. The van der Waals surface area contributed by atoms with Crippen molar-refractivity contribution < 1.29 is 4.79 Å². The van der Waals surface area contributed by atoms with Gasteiger partial charge >= 0.3 is 0 Å². The number of carbonyl (C=O) groups is 1. The molecule has 0 spiro atoms. The van der Waals surface area contributed by atoms with Crippen molar-refractivity contribution in [2.75, 3.05) is 0 Å². The second kappa shape index (κ2) is 3.69. The molecular formula is C12H12N2O. The topological polar surface area (TPSA) is 34.9 Å². The summed E-state index contributed by atoms with van der Waals surface area (Å²) in [4.78, 5) is 15.1. The molecule has 0 unspecified atom stereocenters. The third-order valence-electron chi connectivity index (χ3n) is 2.35. The average Bonchev–Trinajstić information content (AvgIpc) is 2.61. The Kier molecular flexibility index (Phi) is 2.37. The van der Waals surface area contributed by atoms with E-state index in [1.807, 2.05) is 36.6 Å². The van der Waals surface area contributed by atoms with Gasteiger partial charge in [0.2, 0.25) is 0 Å². The first-order chi connectivity index (χ1) is 7.22. The van der Waals surface area contributed by atoms with Crippen LogP contribution in [0.25, 0.3) is 5.82 Å². The van der Waals surface area contributed by atoms with Gasteiger partial charge in [0.1, 0.15) is 5.82 Å². The maximum atomic E-state index is 10.8. The van der Waals surface area contributed by atoms with Crippen molar-refractivity contribution in [3.63, 3.8) is 0 Å². The van der Waals surface area contributed by atoms with Gasteiger partial charge in [0.25, 0.3) is 0 Å². The van der Waals surface area contributed by atoms with Crippen LogP contribution >= 0.6 is 0 Å². The highest BCUT2D eigenvalue weighted by molar-refractivity contribution is 5.74. The molecule has 15 heavy (non-hydrogen) atoms. The number of hydrogen-bond acceptors (Lipinski definition) is 2. The number of aryl methyl sites for hydroxylation is 2. The van der Waals surface area contributed by atoms with E-state index in [2.05, 4.69) is 4.98 Å². The molecule has 0 atom stereocenters. The van der Waals surface area contributed by atoms with Crippen LogP contribution in [0, 0.1) is 13.8 Å². The van der Waals surface area contributed by atoms with E-state index in [1.54, 1.807) is 12.3 Å². The number of aldehydes is 1. The zero-order chi connectivity index (χ0) is 10.8. The summed E-state index contributed by atoms with van der Waals surface area (Å²) in [5.41, 5.74) is 2.74. The summed E-state index contributed by atoms with van der Waals surface area (Å²) in [6.45, 7) is 3.94. The van der Waals surface area contributed by atoms with Gasteiger partial charge in [-0.1, -0.05) is 6.07 Å². The van der Waals surface area contributed by atoms with Gasteiger partial charge in [-0.15, -0.1) is 0 Å². The van der Waals surface area contributed by atoms with Crippen LogP contribution in [0.5, 0.6) is 0 Å². The number of nitrogens with zero attached hydrogens (tertiary/aromatic N) is 2. The molecule has 0 N–H and O–H groups in total. The van der Waals surface area contributed by atoms with Crippen LogP contribution in [0.4, 0.5) is 0 Å². The predicted octanol–water partition coefficient (Wildman–Crippen LogP) is 2.30. The number of rotatable bonds is 2. The fraction of sp³-hybridized carbons (Fsp3) is 0.167. The summed E-state index contributed by atoms with van der Waals surface area (Å²) in [6.07, 6.45) is 2.64. The quantitative estimate of drug-likeness (QED) is 0.697. The van der Waals surface area contributed by atoms with Crippen molar-refractivity contribution in [2.24, 2.45) is 0 Å². The molecule has 0 aliphatic heterocycles. The number of hydrogen-bond donors (Lipinski definition) is 0. The minimum atomic E-state index is 0.629. The standard InChI is InChI=1S/C12H12N2O/c1-9-3-6-12(13-7-9)14-10(2)4-5-11(14)8-15/h3-8H,1-2H3. The summed E-state index contributed by atoms with van der Waals surface area (Å²) in [5, 5.41) is 0. The SMILES string of the molecule is Cc1ccc(-n2c(C)ccc2C=O)nc1. The van der Waals surface area contributed by atoms with E-state index in [1.165, 1.54) is 0 Å². The molecule has 0 aliphatic carbocycles. The largest absolute Gasteiger partial charge is 0.296 e. The second-order valence-corrected chi connectivity index (χ2v) is 3.55. The lowest BCUT2D eigenvalue weighted by atomic mass is 10.3. The first-order valence-corrected chi connectivity index (χ1v) is 4.79. The molecule has 0 saturated heterocycles. The highest BCUT2D eigenvalue weighted by atomic mass is 16.1. The minimum Gasteiger partial charge on any atom is -0.296 e. The molecule has 2 rings (SSSR count). The Balaban J connectivity index is 2.57. The first kappa shape index (κ1) is 9.65. The van der Waals surface area contributed by atoms with Crippen molar-refractivity contribution >= 4 is 6.29 Å². The maximum Gasteiger partial charge on any atom is 0.166 e. The Hall–Kier alpha value is -1.90. The van der Waals surface area contributed by atoms with E-state index in [4.69, 9.17) is 0 Å². The highest BCUT2D eigenvalue weighted by Crippen LogP contribution is 2.13. The number of aromatic nitrogens is 2. The Morgan fingerprint density at radius 3 is 2.60 bits per heavy atom. The van der Waals surface area contributed by atoms with Gasteiger partial charge in [-0.25, -0.2) is 4.98 Å². The average molecular weight is 200 g/mol. The molecule has 0 saturated carbocycles. The zero-order valence-corrected chi connectivity index (χ0v) is 8.77. The van der Waals surface area contributed by atoms with Gasteiger partial charge in [-0.3, -0.25) is 9.36 Å². The van der Waals surface area contributed by atoms with Crippen molar-refractivity contribution in [3.8, 4) is 5.82 Å². The summed E-state index contributed by atoms with van der Waals surface area (Å²) in [6, 6.07) is 7.60. The molecule has 0 radical (unpaired) electrons. The van der Waals surface area contributed by atoms with Crippen LogP contribution < -0.4 is 0 Å². The molecule has 0 bridgehead atoms. The number of carbonyl (C=O) groups excluding carboxylic acids is 1. The number of pyridine rings is 1. The minimum absolute atomic E-state index is 0.629. The molecule has 76 valence electrons. The third kappa shape index (κ3) is 1.68. The molecule has 2 aromatic heterocycles. The van der Waals surface area contributed by atoms with Crippen LogP contribution in [-0.4, -0.2) is 15.8 Å². The molecule has 0 amide bonds. The van der Waals surface area contributed by atoms with E-state index < -0.39 is 0 Å². The first-order valence-electron chi connectivity index (χ1n) is 4.79. The van der Waals surface area contributed by atoms with Crippen molar-refractivity contribution in [1.82, 2.24) is 9.55 Å². The van der Waals surface area contributed by atoms with Crippen LogP contribution in [-0.2, 0) is 0 Å². The lowest BCUT2D eigenvalue weighted by molar-refractivity contribution is 0.111. The van der Waals surface area contributed by atoms with Gasteiger partial charge in [-0.05, 0) is 37.6 Å². The fourth-order valence-corrected chi connectivity index (χ4v) is 1.56. The predicted molar refractivity (Wildman–Crippen MR) is 58.4 cm³/mol. The van der Waals surface area contributed by atoms with E-state index in [0.717, 1.165) is 23.4 Å². The third-order valence-corrected chi connectivity index (χ3v) is 2.35. The Bertz CT molecular complexity index is 483. The van der Waals surface area contributed by atoms with E-state index in [0.29, 0.717) is 5.69 Å². The zero-order valence-electron chi connectivity index (χ0n) is 8.77. The van der Waals surface area contributed by atoms with Crippen molar-refractivity contribution in [2.45, 2.75) is 13.8 Å². The maximum absolute atomic E-state index is 10.8. The van der Waals surface area contributed by atoms with Crippen LogP contribution in [0.1, 0.15) is 21.7 Å². The van der Waals surface area contributed by atoms with E-state index in [-0.39, 0.29) is 0 Å². The monoisotopic (exact) mass is 200 g/mol. The molecule has 2 heterocycles. The molecule has 2 aromatic rings. The fourth-order valence-electron chi connectivity index (χ4n) is 1.56. The Morgan fingerprint density at radius 1 is 1.20 bits per heavy atom. The summed E-state index contributed by atoms with van der Waals surface area (Å²) in [7, 11) is 0. The Labute approximate surface area is 88.4 Å². The van der Waals surface area contributed by atoms with Gasteiger partial charge in [0.05, 0.1) is 5.69 Å². The summed E-state index contributed by atoms with van der Waals surface area (Å²) < 4.78 is 1.84. The molecule has 0 aromatic carbocycles. The Morgan fingerprint density at radius 2 is 2.00 bits per heavy atom. The molecular weight excluding hydrogens is 188 g/mol. The molecule has 0 aliphatic rings. The van der Waals surface area contributed by atoms with Gasteiger partial charge in [0.15, 0.2) is 6.29 Å². The van der Waals surface area contributed by atoms with Crippen LogP contribution in [0.3, 0.4) is 0 Å². The lowest BCUT2D eigenvalue weighted by Gasteiger charge is -2.07. The highest BCUT2D eigenvalue weighted by Gasteiger charge is 2.06. The smallest absolute Gasteiger partial charge is 0.166 e. The molecule has 3 heteroatoms. The molecule has 0 fully saturated rings. The summed E-state index contributed by atoms with van der Waals surface area (Å²) >= 11 is 0. The van der Waals surface area contributed by atoms with E-state index >= 15 is 0 Å². The van der Waals surface area contributed by atoms with Gasteiger partial charge in [0, 0.05) is 11.9 Å². The van der Waals surface area contributed by atoms with Gasteiger partial charge < -0.3 is 0 Å². The lowest BCUT2D eigenvalue weighted by Crippen LogP contribution is -2.03. The summed E-state index contributed by atoms with van der Waals surface area (Å²) in [5.74, 6) is 0.783. The van der Waals surface area contributed by atoms with Crippen LogP contribution in [0.15, 0.2) is 30.5 Å². The second-order valence-electron chi connectivity index (χ2n) is 3.55. The van der Waals surface area contributed by atoms with E-state index in [9.17, 15) is 4.79 Å². The molecule has 3 nitrogen and oxygen atoms in total. The van der Waals surface area contributed by atoms with Crippen LogP contribution in [0.2, 0.25) is 0 Å².